The molecule has 0 bridgehead atoms. The summed E-state index contributed by atoms with van der Waals surface area (Å²) in [5, 5.41) is 24.2. The molecule has 2 aliphatic rings. The molecule has 4 aromatic rings. The van der Waals surface area contributed by atoms with E-state index in [-0.39, 0.29) is 29.2 Å². The molecule has 6 rings (SSSR count). The largest absolute Gasteiger partial charge is 0.496 e. The van der Waals surface area contributed by atoms with Crippen LogP contribution < -0.4 is 20.7 Å². The Bertz CT molecular complexity index is 1780. The standard InChI is InChI=1S/C33H32Cl2FN5O4/c1-45-29-14-18(13-24(36)23(29)17-37-16-19-10-11-30(43)38-19)20-5-2-6-21(31(20)34)22-7-3-8-25(32(22)35)39-33(44)26-15-27-28(42)9-4-12-41(27)40-26/h2-3,5-8,13-15,19,28,37,42H,4,9-12,16-17H2,1H3,(H,38,43)(H,39,44)/t19-,28?/m0/s1. The maximum atomic E-state index is 15.5. The summed E-state index contributed by atoms with van der Waals surface area (Å²) < 4.78 is 22.7. The van der Waals surface area contributed by atoms with E-state index in [1.54, 1.807) is 53.2 Å². The summed E-state index contributed by atoms with van der Waals surface area (Å²) in [5.41, 5.74) is 3.82. The minimum atomic E-state index is -0.650. The van der Waals surface area contributed by atoms with Crippen LogP contribution in [0, 0.1) is 5.82 Å². The van der Waals surface area contributed by atoms with Crippen molar-refractivity contribution in [2.75, 3.05) is 19.0 Å². The molecule has 9 nitrogen and oxygen atoms in total. The molecule has 45 heavy (non-hydrogen) atoms. The van der Waals surface area contributed by atoms with Gasteiger partial charge in [0.1, 0.15) is 11.6 Å². The van der Waals surface area contributed by atoms with E-state index in [4.69, 9.17) is 27.9 Å². The van der Waals surface area contributed by atoms with Crippen LogP contribution in [0.4, 0.5) is 10.1 Å². The number of amides is 2. The summed E-state index contributed by atoms with van der Waals surface area (Å²) >= 11 is 13.8. The van der Waals surface area contributed by atoms with Gasteiger partial charge in [0.2, 0.25) is 5.91 Å². The number of carbonyl (C=O) groups excluding carboxylic acids is 2. The first-order valence-corrected chi connectivity index (χ1v) is 15.5. The van der Waals surface area contributed by atoms with Crippen molar-refractivity contribution < 1.29 is 23.8 Å². The number of anilines is 1. The van der Waals surface area contributed by atoms with Gasteiger partial charge >= 0.3 is 0 Å². The molecule has 1 aromatic heterocycles. The number of aromatic nitrogens is 2. The number of carbonyl (C=O) groups is 2. The summed E-state index contributed by atoms with van der Waals surface area (Å²) in [6.45, 7) is 1.39. The Hall–Kier alpha value is -3.96. The number of halogens is 3. The van der Waals surface area contributed by atoms with Crippen molar-refractivity contribution in [1.29, 1.82) is 0 Å². The molecule has 1 saturated heterocycles. The van der Waals surface area contributed by atoms with Crippen molar-refractivity contribution in [3.63, 3.8) is 0 Å². The van der Waals surface area contributed by atoms with Crippen molar-refractivity contribution in [2.45, 2.75) is 50.9 Å². The average Bonchev–Trinajstić information content (AvgIpc) is 3.66. The Morgan fingerprint density at radius 1 is 1.11 bits per heavy atom. The molecule has 2 aliphatic heterocycles. The van der Waals surface area contributed by atoms with Gasteiger partial charge in [-0.1, -0.05) is 53.5 Å². The maximum absolute atomic E-state index is 15.5. The van der Waals surface area contributed by atoms with Crippen molar-refractivity contribution >= 4 is 40.7 Å². The highest BCUT2D eigenvalue weighted by molar-refractivity contribution is 6.39. The second kappa shape index (κ2) is 13.2. The molecule has 0 spiro atoms. The first-order valence-electron chi connectivity index (χ1n) is 14.7. The van der Waals surface area contributed by atoms with E-state index in [9.17, 15) is 14.7 Å². The molecule has 0 saturated carbocycles. The summed E-state index contributed by atoms with van der Waals surface area (Å²) in [4.78, 5) is 24.6. The van der Waals surface area contributed by atoms with Gasteiger partial charge in [0, 0.05) is 54.4 Å². The zero-order valence-corrected chi connectivity index (χ0v) is 26.0. The van der Waals surface area contributed by atoms with Gasteiger partial charge in [-0.15, -0.1) is 0 Å². The van der Waals surface area contributed by atoms with Crippen molar-refractivity contribution in [3.05, 3.63) is 87.4 Å². The number of hydrogen-bond donors (Lipinski definition) is 4. The van der Waals surface area contributed by atoms with Crippen LogP contribution in [-0.4, -0.2) is 46.4 Å². The Kier molecular flexibility index (Phi) is 9.09. The molecule has 3 heterocycles. The molecule has 4 N–H and O–H groups in total. The lowest BCUT2D eigenvalue weighted by atomic mass is 9.97. The monoisotopic (exact) mass is 651 g/mol. The number of benzene rings is 3. The van der Waals surface area contributed by atoms with Crippen molar-refractivity contribution in [2.24, 2.45) is 0 Å². The summed E-state index contributed by atoms with van der Waals surface area (Å²) in [5.74, 6) is -0.510. The molecule has 0 radical (unpaired) electrons. The van der Waals surface area contributed by atoms with Crippen LogP contribution in [0.3, 0.4) is 0 Å². The Morgan fingerprint density at radius 3 is 2.60 bits per heavy atom. The van der Waals surface area contributed by atoms with Crippen molar-refractivity contribution in [1.82, 2.24) is 20.4 Å². The molecule has 0 aliphatic carbocycles. The number of ether oxygens (including phenoxy) is 1. The van der Waals surface area contributed by atoms with E-state index in [2.05, 4.69) is 21.0 Å². The van der Waals surface area contributed by atoms with Gasteiger partial charge in [0.05, 0.1) is 34.6 Å². The molecule has 234 valence electrons. The fourth-order valence-corrected chi connectivity index (χ4v) is 6.49. The number of nitrogens with zero attached hydrogens (tertiary/aromatic N) is 2. The molecule has 2 amide bonds. The molecule has 3 aromatic carbocycles. The lowest BCUT2D eigenvalue weighted by Crippen LogP contribution is -2.35. The topological polar surface area (TPSA) is 118 Å². The number of nitrogens with one attached hydrogen (secondary N) is 3. The minimum Gasteiger partial charge on any atom is -0.496 e. The van der Waals surface area contributed by atoms with Gasteiger partial charge in [0.25, 0.3) is 5.91 Å². The van der Waals surface area contributed by atoms with Crippen molar-refractivity contribution in [3.8, 4) is 28.0 Å². The zero-order valence-electron chi connectivity index (χ0n) is 24.5. The summed E-state index contributed by atoms with van der Waals surface area (Å²) in [7, 11) is 1.48. The third kappa shape index (κ3) is 6.41. The van der Waals surface area contributed by atoms with E-state index >= 15 is 4.39 Å². The Morgan fingerprint density at radius 2 is 1.87 bits per heavy atom. The van der Waals surface area contributed by atoms with Crippen LogP contribution in [0.2, 0.25) is 10.0 Å². The first kappa shape index (κ1) is 31.0. The molecule has 12 heteroatoms. The number of methoxy groups -OCH3 is 1. The van der Waals surface area contributed by atoms with Gasteiger partial charge in [-0.2, -0.15) is 5.10 Å². The van der Waals surface area contributed by atoms with Crippen LogP contribution in [0.5, 0.6) is 5.75 Å². The van der Waals surface area contributed by atoms with E-state index in [0.717, 1.165) is 12.8 Å². The summed E-state index contributed by atoms with van der Waals surface area (Å²) in [6, 6.07) is 15.4. The van der Waals surface area contributed by atoms with Crippen LogP contribution in [-0.2, 0) is 17.9 Å². The highest BCUT2D eigenvalue weighted by Gasteiger charge is 2.24. The van der Waals surface area contributed by atoms with Gasteiger partial charge in [0.15, 0.2) is 5.69 Å². The van der Waals surface area contributed by atoms with Crippen LogP contribution in [0.25, 0.3) is 22.3 Å². The Labute approximate surface area is 269 Å². The normalized spacial score (nSPS) is 17.6. The summed E-state index contributed by atoms with van der Waals surface area (Å²) in [6.07, 6.45) is 2.01. The van der Waals surface area contributed by atoms with Gasteiger partial charge < -0.3 is 25.8 Å². The molecular weight excluding hydrogens is 620 g/mol. The minimum absolute atomic E-state index is 0.0242. The van der Waals surface area contributed by atoms with Crippen LogP contribution in [0.1, 0.15) is 53.5 Å². The lowest BCUT2D eigenvalue weighted by Gasteiger charge is -2.18. The number of aliphatic hydroxyl groups excluding tert-OH is 1. The number of fused-ring (bicyclic) bond motifs is 1. The zero-order chi connectivity index (χ0) is 31.7. The number of aryl methyl sites for hydroxylation is 1. The molecule has 1 fully saturated rings. The first-order chi connectivity index (χ1) is 21.7. The third-order valence-electron chi connectivity index (χ3n) is 8.23. The van der Waals surface area contributed by atoms with Crippen LogP contribution in [0.15, 0.2) is 54.6 Å². The van der Waals surface area contributed by atoms with Gasteiger partial charge in [-0.3, -0.25) is 14.3 Å². The van der Waals surface area contributed by atoms with Gasteiger partial charge in [-0.25, -0.2) is 4.39 Å². The van der Waals surface area contributed by atoms with E-state index in [0.29, 0.717) is 75.9 Å². The molecule has 1 unspecified atom stereocenters. The second-order valence-corrected chi connectivity index (χ2v) is 12.0. The maximum Gasteiger partial charge on any atom is 0.276 e. The SMILES string of the molecule is COc1cc(-c2cccc(-c3cccc(NC(=O)c4cc5n(n4)CCCC5O)c3Cl)c2Cl)cc(F)c1CNC[C@@H]1CCC(=O)N1. The fraction of sp³-hybridized carbons (Fsp3) is 0.303. The lowest BCUT2D eigenvalue weighted by molar-refractivity contribution is -0.119. The smallest absolute Gasteiger partial charge is 0.276 e. The molecular formula is C33H32Cl2FN5O4. The fourth-order valence-electron chi connectivity index (χ4n) is 5.88. The predicted octanol–water partition coefficient (Wildman–Crippen LogP) is 6.12. The van der Waals surface area contributed by atoms with E-state index < -0.39 is 17.8 Å². The predicted molar refractivity (Wildman–Crippen MR) is 171 cm³/mol. The van der Waals surface area contributed by atoms with Gasteiger partial charge in [-0.05, 0) is 49.1 Å². The van der Waals surface area contributed by atoms with Crippen LogP contribution >= 0.6 is 23.2 Å². The third-order valence-corrected chi connectivity index (χ3v) is 9.05. The Balaban J connectivity index is 1.24. The quantitative estimate of drug-likeness (QED) is 0.173. The number of aliphatic hydroxyl groups is 1. The average molecular weight is 653 g/mol. The highest BCUT2D eigenvalue weighted by atomic mass is 35.5. The number of rotatable bonds is 9. The second-order valence-electron chi connectivity index (χ2n) is 11.2. The highest BCUT2D eigenvalue weighted by Crippen LogP contribution is 2.42. The number of hydrogen-bond acceptors (Lipinski definition) is 6. The van der Waals surface area contributed by atoms with E-state index in [1.807, 2.05) is 0 Å². The molecule has 2 atom stereocenters. The van der Waals surface area contributed by atoms with E-state index in [1.165, 1.54) is 13.2 Å².